The minimum Gasteiger partial charge on any atom is -0.358 e. The molecule has 0 aromatic rings. The fraction of sp³-hybridized carbons (Fsp3) is 0.900. The molecular formula is C10H17NO. The second-order valence-corrected chi connectivity index (χ2v) is 4.99. The van der Waals surface area contributed by atoms with Crippen LogP contribution in [0.1, 0.15) is 39.0 Å². The lowest BCUT2D eigenvalue weighted by molar-refractivity contribution is -0.110. The third-order valence-corrected chi connectivity index (χ3v) is 3.88. The molecule has 2 heteroatoms. The quantitative estimate of drug-likeness (QED) is 0.637. The van der Waals surface area contributed by atoms with Crippen LogP contribution in [0.4, 0.5) is 0 Å². The highest BCUT2D eigenvalue weighted by atomic mass is 16.1. The number of nitrogens with one attached hydrogen (secondary N) is 1. The van der Waals surface area contributed by atoms with Crippen LogP contribution in [-0.2, 0) is 4.79 Å². The van der Waals surface area contributed by atoms with Crippen molar-refractivity contribution in [2.45, 2.75) is 39.0 Å². The van der Waals surface area contributed by atoms with E-state index in [1.54, 1.807) is 0 Å². The van der Waals surface area contributed by atoms with Crippen LogP contribution >= 0.6 is 0 Å². The van der Waals surface area contributed by atoms with Gasteiger partial charge in [-0.3, -0.25) is 4.79 Å². The van der Waals surface area contributed by atoms with E-state index in [0.717, 1.165) is 13.0 Å². The number of rotatable bonds is 3. The summed E-state index contributed by atoms with van der Waals surface area (Å²) in [6.07, 6.45) is 7.55. The maximum atomic E-state index is 10.2. The van der Waals surface area contributed by atoms with Gasteiger partial charge >= 0.3 is 0 Å². The fourth-order valence-corrected chi connectivity index (χ4v) is 3.14. The Balaban J connectivity index is 2.00. The van der Waals surface area contributed by atoms with Crippen molar-refractivity contribution >= 4 is 6.41 Å². The van der Waals surface area contributed by atoms with Gasteiger partial charge < -0.3 is 5.32 Å². The Labute approximate surface area is 73.7 Å². The maximum absolute atomic E-state index is 10.2. The molecule has 2 bridgehead atoms. The van der Waals surface area contributed by atoms with E-state index in [1.807, 2.05) is 0 Å². The zero-order valence-corrected chi connectivity index (χ0v) is 7.73. The number of fused-ring (bicyclic) bond motifs is 2. The van der Waals surface area contributed by atoms with Crippen molar-refractivity contribution in [3.05, 3.63) is 0 Å². The predicted molar refractivity (Wildman–Crippen MR) is 47.7 cm³/mol. The van der Waals surface area contributed by atoms with E-state index in [2.05, 4.69) is 12.2 Å². The lowest BCUT2D eigenvalue weighted by Gasteiger charge is -2.25. The van der Waals surface area contributed by atoms with Gasteiger partial charge in [-0.15, -0.1) is 0 Å². The summed E-state index contributed by atoms with van der Waals surface area (Å²) in [4.78, 5) is 10.2. The third kappa shape index (κ3) is 1.13. The first-order valence-electron chi connectivity index (χ1n) is 4.85. The summed E-state index contributed by atoms with van der Waals surface area (Å²) < 4.78 is 0. The molecule has 0 heterocycles. The summed E-state index contributed by atoms with van der Waals surface area (Å²) in [6.45, 7) is 3.30. The molecule has 2 rings (SSSR count). The van der Waals surface area contributed by atoms with Gasteiger partial charge in [-0.2, -0.15) is 0 Å². The predicted octanol–water partition coefficient (Wildman–Crippen LogP) is 1.70. The highest BCUT2D eigenvalue weighted by molar-refractivity contribution is 5.46. The minimum absolute atomic E-state index is 0.482. The van der Waals surface area contributed by atoms with Gasteiger partial charge in [0.2, 0.25) is 6.41 Å². The summed E-state index contributed by atoms with van der Waals surface area (Å²) in [5, 5.41) is 2.85. The van der Waals surface area contributed by atoms with Gasteiger partial charge in [-0.25, -0.2) is 0 Å². The largest absolute Gasteiger partial charge is 0.358 e. The van der Waals surface area contributed by atoms with Gasteiger partial charge in [-0.05, 0) is 42.9 Å². The van der Waals surface area contributed by atoms with Crippen molar-refractivity contribution in [3.63, 3.8) is 0 Å². The number of carbonyl (C=O) groups excluding carboxylic acids is 1. The molecule has 12 heavy (non-hydrogen) atoms. The molecule has 1 amide bonds. The number of hydrogen-bond donors (Lipinski definition) is 1. The molecule has 2 fully saturated rings. The molecule has 68 valence electrons. The molecule has 0 unspecified atom stereocenters. The standard InChI is InChI=1S/C10H17NO/c1-9-2-4-10(6-9,5-3-9)7-11-8-12/h8H,2-7H2,1H3,(H,11,12). The lowest BCUT2D eigenvalue weighted by atomic mass is 9.83. The highest BCUT2D eigenvalue weighted by Crippen LogP contribution is 2.60. The monoisotopic (exact) mass is 167 g/mol. The van der Waals surface area contributed by atoms with Gasteiger partial charge in [0.05, 0.1) is 0 Å². The molecule has 0 aromatic heterocycles. The first kappa shape index (κ1) is 8.09. The Morgan fingerprint density at radius 1 is 1.33 bits per heavy atom. The maximum Gasteiger partial charge on any atom is 0.207 e. The van der Waals surface area contributed by atoms with Gasteiger partial charge in [0.15, 0.2) is 0 Å². The molecule has 0 atom stereocenters. The molecule has 0 saturated heterocycles. The zero-order chi connectivity index (χ0) is 8.66. The van der Waals surface area contributed by atoms with Gasteiger partial charge in [0, 0.05) is 6.54 Å². The molecule has 0 aromatic carbocycles. The van der Waals surface area contributed by atoms with Crippen LogP contribution in [0, 0.1) is 10.8 Å². The molecule has 2 aliphatic carbocycles. The van der Waals surface area contributed by atoms with E-state index in [1.165, 1.54) is 32.1 Å². The molecule has 2 aliphatic rings. The molecule has 0 radical (unpaired) electrons. The molecule has 2 saturated carbocycles. The minimum atomic E-state index is 0.482. The smallest absolute Gasteiger partial charge is 0.207 e. The SMILES string of the molecule is CC12CCC(CNC=O)(CC1)C2. The lowest BCUT2D eigenvalue weighted by Crippen LogP contribution is -2.29. The fourth-order valence-electron chi connectivity index (χ4n) is 3.14. The summed E-state index contributed by atoms with van der Waals surface area (Å²) >= 11 is 0. The van der Waals surface area contributed by atoms with E-state index in [0.29, 0.717) is 10.8 Å². The van der Waals surface area contributed by atoms with Crippen molar-refractivity contribution in [1.82, 2.24) is 5.32 Å². The summed E-state index contributed by atoms with van der Waals surface area (Å²) in [6, 6.07) is 0. The van der Waals surface area contributed by atoms with Crippen molar-refractivity contribution in [1.29, 1.82) is 0 Å². The topological polar surface area (TPSA) is 29.1 Å². The number of amides is 1. The third-order valence-electron chi connectivity index (χ3n) is 3.88. The van der Waals surface area contributed by atoms with Crippen LogP contribution in [0.3, 0.4) is 0 Å². The highest BCUT2D eigenvalue weighted by Gasteiger charge is 2.51. The molecule has 2 nitrogen and oxygen atoms in total. The Morgan fingerprint density at radius 3 is 2.42 bits per heavy atom. The van der Waals surface area contributed by atoms with E-state index in [-0.39, 0.29) is 0 Å². The molecule has 1 N–H and O–H groups in total. The van der Waals surface area contributed by atoms with Crippen LogP contribution < -0.4 is 5.32 Å². The average Bonchev–Trinajstić information content (AvgIpc) is 2.55. The molecule has 0 aliphatic heterocycles. The van der Waals surface area contributed by atoms with Crippen molar-refractivity contribution in [2.24, 2.45) is 10.8 Å². The summed E-state index contributed by atoms with van der Waals surface area (Å²) in [7, 11) is 0. The Kier molecular flexibility index (Phi) is 1.67. The molecular weight excluding hydrogens is 150 g/mol. The van der Waals surface area contributed by atoms with Crippen molar-refractivity contribution in [3.8, 4) is 0 Å². The van der Waals surface area contributed by atoms with Crippen LogP contribution in [0.15, 0.2) is 0 Å². The van der Waals surface area contributed by atoms with Crippen molar-refractivity contribution < 1.29 is 4.79 Å². The van der Waals surface area contributed by atoms with E-state index < -0.39 is 0 Å². The van der Waals surface area contributed by atoms with E-state index >= 15 is 0 Å². The first-order valence-corrected chi connectivity index (χ1v) is 4.85. The Hall–Kier alpha value is -0.530. The normalized spacial score (nSPS) is 44.8. The van der Waals surface area contributed by atoms with Crippen LogP contribution in [-0.4, -0.2) is 13.0 Å². The summed E-state index contributed by atoms with van der Waals surface area (Å²) in [5.41, 5.74) is 1.10. The van der Waals surface area contributed by atoms with Crippen molar-refractivity contribution in [2.75, 3.05) is 6.54 Å². The first-order chi connectivity index (χ1) is 5.68. The second kappa shape index (κ2) is 2.48. The number of carbonyl (C=O) groups is 1. The Bertz CT molecular complexity index is 192. The van der Waals surface area contributed by atoms with Crippen LogP contribution in [0.25, 0.3) is 0 Å². The van der Waals surface area contributed by atoms with Crippen LogP contribution in [0.5, 0.6) is 0 Å². The van der Waals surface area contributed by atoms with Gasteiger partial charge in [0.1, 0.15) is 0 Å². The average molecular weight is 167 g/mol. The van der Waals surface area contributed by atoms with Gasteiger partial charge in [-0.1, -0.05) is 6.92 Å². The second-order valence-electron chi connectivity index (χ2n) is 4.99. The number of hydrogen-bond acceptors (Lipinski definition) is 1. The van der Waals surface area contributed by atoms with Gasteiger partial charge in [0.25, 0.3) is 0 Å². The van der Waals surface area contributed by atoms with E-state index in [4.69, 9.17) is 0 Å². The Morgan fingerprint density at radius 2 is 2.00 bits per heavy atom. The summed E-state index contributed by atoms with van der Waals surface area (Å²) in [5.74, 6) is 0. The van der Waals surface area contributed by atoms with E-state index in [9.17, 15) is 4.79 Å². The molecule has 0 spiro atoms. The zero-order valence-electron chi connectivity index (χ0n) is 7.73. The van der Waals surface area contributed by atoms with Crippen LogP contribution in [0.2, 0.25) is 0 Å².